The van der Waals surface area contributed by atoms with Crippen molar-refractivity contribution >= 4 is 23.6 Å². The lowest BCUT2D eigenvalue weighted by Crippen LogP contribution is -2.63. The highest BCUT2D eigenvalue weighted by molar-refractivity contribution is 5.95. The molecule has 6 aromatic carbocycles. The molecule has 686 valence electrons. The number of hydrogen-bond acceptors (Lipinski definition) is 12. The summed E-state index contributed by atoms with van der Waals surface area (Å²) in [5, 5.41) is 60.3. The molecule has 0 spiro atoms. The molecule has 20 heteroatoms. The van der Waals surface area contributed by atoms with Crippen molar-refractivity contribution in [2.75, 3.05) is 0 Å². The minimum absolute atomic E-state index is 0.00394. The SMILES string of the molecule is CC(=O)NC12CC3CC(C1)C(C(O)CC1c4ccccc4-c4cncn41)C(C3)C2.O=C(CC1CCCCC1)NC12CC3CC(C1)C(C(O)CC1c4ccccc4-c4cncn41)C(C3)C2.O=C(NC12CC3CC(C1)C(C(O)CC1c4ccccc4-c4cncn41)C(C3)C2)c1ccccc1.O=C(NC12CC3CC(C1)C(C(O)CC1c4ccccc4-c4cncn41)C(C3)C2)c1ccccc1. The molecule has 0 radical (unpaired) electrons. The molecule has 16 bridgehead atoms. The molecule has 8 N–H and O–H groups in total. The molecular formula is C112H130N12O8. The normalized spacial score (nSPS) is 34.9. The number of aliphatic hydroxyl groups is 4. The summed E-state index contributed by atoms with van der Waals surface area (Å²) in [6.45, 7) is 1.64. The Morgan fingerprint density at radius 2 is 0.591 bits per heavy atom. The molecule has 4 aliphatic heterocycles. The van der Waals surface area contributed by atoms with Crippen molar-refractivity contribution in [3.05, 3.63) is 241 Å². The molecular weight excluding hydrogens is 1640 g/mol. The van der Waals surface area contributed by atoms with Gasteiger partial charge in [0.25, 0.3) is 11.8 Å². The smallest absolute Gasteiger partial charge is 0.251 e. The molecule has 31 rings (SSSR count). The monoisotopic (exact) mass is 1770 g/mol. The van der Waals surface area contributed by atoms with Crippen LogP contribution in [0.1, 0.15) is 267 Å². The molecule has 10 aromatic rings. The Kier molecular flexibility index (Phi) is 21.7. The molecule has 8 heterocycles. The summed E-state index contributed by atoms with van der Waals surface area (Å²) < 4.78 is 8.98. The minimum Gasteiger partial charge on any atom is -0.393 e. The van der Waals surface area contributed by atoms with Crippen LogP contribution in [0.15, 0.2) is 208 Å². The topological polar surface area (TPSA) is 269 Å². The first-order valence-electron chi connectivity index (χ1n) is 50.8. The Morgan fingerprint density at radius 3 is 0.871 bits per heavy atom. The van der Waals surface area contributed by atoms with Gasteiger partial charge >= 0.3 is 0 Å². The van der Waals surface area contributed by atoms with Crippen LogP contribution in [0.4, 0.5) is 0 Å². The number of rotatable bonds is 20. The van der Waals surface area contributed by atoms with E-state index in [9.17, 15) is 39.6 Å². The molecule has 132 heavy (non-hydrogen) atoms. The molecule has 17 saturated carbocycles. The number of aliphatic hydroxyl groups excluding tert-OH is 4. The molecule has 20 nitrogen and oxygen atoms in total. The molecule has 21 aliphatic rings. The van der Waals surface area contributed by atoms with E-state index in [0.717, 1.165) is 149 Å². The summed E-state index contributed by atoms with van der Waals surface area (Å²) in [5.41, 5.74) is 16.1. The van der Waals surface area contributed by atoms with Crippen LogP contribution in [0.5, 0.6) is 0 Å². The number of carbonyl (C=O) groups is 4. The number of aromatic nitrogens is 8. The van der Waals surface area contributed by atoms with Crippen LogP contribution in [0.2, 0.25) is 0 Å². The lowest BCUT2D eigenvalue weighted by molar-refractivity contribution is -0.137. The molecule has 4 aromatic heterocycles. The first-order valence-corrected chi connectivity index (χ1v) is 50.8. The van der Waals surface area contributed by atoms with Gasteiger partial charge in [0.05, 0.1) is 121 Å². The first kappa shape index (κ1) is 84.8. The highest BCUT2D eigenvalue weighted by Crippen LogP contribution is 2.65. The number of fused-ring (bicyclic) bond motifs is 12. The van der Waals surface area contributed by atoms with Crippen LogP contribution >= 0.6 is 0 Å². The van der Waals surface area contributed by atoms with Crippen LogP contribution in [0.25, 0.3) is 45.0 Å². The second-order valence-electron chi connectivity index (χ2n) is 45.3. The Labute approximate surface area is 775 Å². The number of benzene rings is 6. The second-order valence-corrected chi connectivity index (χ2v) is 45.3. The third-order valence-corrected chi connectivity index (χ3v) is 37.3. The summed E-state index contributed by atoms with van der Waals surface area (Å²) in [5.74, 6) is 9.27. The standard InChI is InChI=1S/C30H39N3O2.2C29H31N3O2.C24H29N3O2/c34-27(13-25-23-8-4-5-9-24(23)26-17-31-18-33(25)26)29-21-10-20-11-22(29)16-30(14-20,15-21)32-28(35)12-19-6-2-1-3-7-19;2*33-26(12-24-22-8-4-5-9-23(22)25-16-30-17-32(24)25)27-20-10-18-11-21(27)15-29(13-18,14-20)31-28(34)19-6-2-1-3-7-19;1-14(28)26-24-9-15-6-16(10-24)23(17(7-15)11-24)22(29)8-20-18-4-2-3-5-19(18)21-12-25-13-27(20)21/h4-5,8-9,17-22,25,27,29,34H,1-3,6-7,10-16H2,(H,32,35);2*1-9,16-18,20-21,24,26-27,33H,10-15H2,(H,31,34);2-5,12-13,15-17,20,22-23,29H,6-11H2,1H3,(H,26,28). The Hall–Kier alpha value is -10.1. The molecule has 17 fully saturated rings. The van der Waals surface area contributed by atoms with Crippen LogP contribution < -0.4 is 21.3 Å². The average Bonchev–Trinajstić information content (AvgIpc) is 1.01. The van der Waals surface area contributed by atoms with Gasteiger partial charge in [-0.1, -0.05) is 153 Å². The van der Waals surface area contributed by atoms with Crippen molar-refractivity contribution in [1.82, 2.24) is 59.5 Å². The highest BCUT2D eigenvalue weighted by atomic mass is 16.3. The van der Waals surface area contributed by atoms with Crippen molar-refractivity contribution in [2.24, 2.45) is 101 Å². The maximum Gasteiger partial charge on any atom is 0.251 e. The fourth-order valence-electron chi connectivity index (χ4n) is 33.8. The van der Waals surface area contributed by atoms with Gasteiger partial charge in [-0.2, -0.15) is 0 Å². The molecule has 16 atom stereocenters. The van der Waals surface area contributed by atoms with Gasteiger partial charge in [-0.25, -0.2) is 19.9 Å². The summed E-state index contributed by atoms with van der Waals surface area (Å²) in [6, 6.07) is 54.0. The van der Waals surface area contributed by atoms with Crippen LogP contribution in [0, 0.1) is 101 Å². The Morgan fingerprint density at radius 1 is 0.333 bits per heavy atom. The van der Waals surface area contributed by atoms with E-state index in [2.05, 4.69) is 157 Å². The number of nitrogens with zero attached hydrogens (tertiary/aromatic N) is 8. The summed E-state index contributed by atoms with van der Waals surface area (Å²) in [4.78, 5) is 68.5. The van der Waals surface area contributed by atoms with Gasteiger partial charge in [-0.15, -0.1) is 0 Å². The number of carbonyl (C=O) groups excluding carboxylic acids is 4. The van der Waals surface area contributed by atoms with Crippen molar-refractivity contribution in [3.63, 3.8) is 0 Å². The fourth-order valence-corrected chi connectivity index (χ4v) is 33.8. The number of hydrogen-bond donors (Lipinski definition) is 8. The number of imidazole rings is 4. The molecule has 0 saturated heterocycles. The summed E-state index contributed by atoms with van der Waals surface area (Å²) in [7, 11) is 0. The number of nitrogens with one attached hydrogen (secondary N) is 4. The largest absolute Gasteiger partial charge is 0.393 e. The zero-order valence-electron chi connectivity index (χ0n) is 76.3. The fraction of sp³-hybridized carbons (Fsp3) is 0.536. The summed E-state index contributed by atoms with van der Waals surface area (Å²) >= 11 is 0. The Bertz CT molecular complexity index is 5710. The van der Waals surface area contributed by atoms with Gasteiger partial charge in [0.15, 0.2) is 0 Å². The second kappa shape index (κ2) is 33.7. The average molecular weight is 1770 g/mol. The summed E-state index contributed by atoms with van der Waals surface area (Å²) in [6.07, 6.45) is 46.5. The van der Waals surface area contributed by atoms with Crippen LogP contribution in [-0.2, 0) is 9.59 Å². The van der Waals surface area contributed by atoms with Gasteiger partial charge in [-0.05, 0) is 314 Å². The maximum atomic E-state index is 13.1. The molecule has 17 aliphatic carbocycles. The minimum atomic E-state index is -0.344. The van der Waals surface area contributed by atoms with E-state index in [4.69, 9.17) is 0 Å². The van der Waals surface area contributed by atoms with Gasteiger partial charge in [-0.3, -0.25) is 19.2 Å². The lowest BCUT2D eigenvalue weighted by Gasteiger charge is -2.61. The third-order valence-electron chi connectivity index (χ3n) is 37.3. The lowest BCUT2D eigenvalue weighted by atomic mass is 9.48. The van der Waals surface area contributed by atoms with Crippen molar-refractivity contribution in [2.45, 2.75) is 270 Å². The van der Waals surface area contributed by atoms with Crippen molar-refractivity contribution in [1.29, 1.82) is 0 Å². The van der Waals surface area contributed by atoms with Crippen LogP contribution in [-0.4, -0.2) is 129 Å². The van der Waals surface area contributed by atoms with Gasteiger partial charge in [0, 0.05) is 68.9 Å². The maximum absolute atomic E-state index is 13.1. The molecule has 4 amide bonds. The van der Waals surface area contributed by atoms with Gasteiger partial charge in [0.1, 0.15) is 0 Å². The van der Waals surface area contributed by atoms with Crippen LogP contribution in [0.3, 0.4) is 0 Å². The Balaban J connectivity index is 0.0000000973. The van der Waals surface area contributed by atoms with E-state index < -0.39 is 0 Å². The predicted molar refractivity (Wildman–Crippen MR) is 506 cm³/mol. The van der Waals surface area contributed by atoms with Gasteiger partial charge < -0.3 is 60.0 Å². The first-order chi connectivity index (χ1) is 64.3. The van der Waals surface area contributed by atoms with E-state index in [-0.39, 0.29) is 88.5 Å². The van der Waals surface area contributed by atoms with Crippen molar-refractivity contribution in [3.8, 4) is 45.0 Å². The predicted octanol–water partition coefficient (Wildman–Crippen LogP) is 18.7. The highest BCUT2D eigenvalue weighted by Gasteiger charge is 2.63. The van der Waals surface area contributed by atoms with E-state index in [0.29, 0.717) is 94.7 Å². The quantitative estimate of drug-likeness (QED) is 0.0354. The van der Waals surface area contributed by atoms with E-state index >= 15 is 0 Å². The number of amides is 4. The van der Waals surface area contributed by atoms with E-state index in [1.807, 2.05) is 111 Å². The zero-order chi connectivity index (χ0) is 89.0. The zero-order valence-corrected chi connectivity index (χ0v) is 76.3. The van der Waals surface area contributed by atoms with Crippen molar-refractivity contribution < 1.29 is 39.6 Å². The van der Waals surface area contributed by atoms with Gasteiger partial charge in [0.2, 0.25) is 11.8 Å². The van der Waals surface area contributed by atoms with E-state index in [1.54, 1.807) is 6.92 Å². The molecule has 16 unspecified atom stereocenters. The van der Waals surface area contributed by atoms with E-state index in [1.165, 1.54) is 134 Å². The third kappa shape index (κ3) is 15.2.